The van der Waals surface area contributed by atoms with Crippen LogP contribution >= 0.6 is 0 Å². The van der Waals surface area contributed by atoms with Crippen LogP contribution in [0.5, 0.6) is 0 Å². The Balaban J connectivity index is 1.39. The molecule has 2 aliphatic heterocycles. The number of amides is 2. The quantitative estimate of drug-likeness (QED) is 0.106. The van der Waals surface area contributed by atoms with Gasteiger partial charge in [0, 0.05) is 51.8 Å². The third-order valence-electron chi connectivity index (χ3n) is 9.23. The van der Waals surface area contributed by atoms with Crippen molar-refractivity contribution in [1.29, 1.82) is 0 Å². The Morgan fingerprint density at radius 3 is 2.27 bits per heavy atom. The predicted molar refractivity (Wildman–Crippen MR) is 165 cm³/mol. The molecule has 2 saturated heterocycles. The number of carboxylic acid groups (broad SMARTS) is 1. The Kier molecular flexibility index (Phi) is 7.78. The molecule has 17 nitrogen and oxygen atoms in total. The highest BCUT2D eigenvalue weighted by molar-refractivity contribution is 6.09. The van der Waals surface area contributed by atoms with Crippen LogP contribution in [-0.2, 0) is 46.2 Å². The predicted octanol–water partition coefficient (Wildman–Crippen LogP) is 0.140. The lowest BCUT2D eigenvalue weighted by Gasteiger charge is -2.31. The largest absolute Gasteiger partial charge is 0.480 e. The van der Waals surface area contributed by atoms with Gasteiger partial charge in [-0.05, 0) is 23.3 Å². The molecule has 248 valence electrons. The van der Waals surface area contributed by atoms with Gasteiger partial charge in [-0.3, -0.25) is 48.6 Å². The number of nitro groups is 1. The van der Waals surface area contributed by atoms with Crippen molar-refractivity contribution in [1.82, 2.24) is 28.9 Å². The number of hydrogen-bond donors (Lipinski definition) is 2. The van der Waals surface area contributed by atoms with Crippen molar-refractivity contribution in [3.8, 4) is 0 Å². The number of likely N-dealkylation sites (tertiary alicyclic amines) is 1. The molecule has 2 N–H and O–H groups in total. The van der Waals surface area contributed by atoms with Gasteiger partial charge < -0.3 is 14.4 Å². The smallest absolute Gasteiger partial charge is 0.337 e. The first kappa shape index (κ1) is 32.0. The maximum Gasteiger partial charge on any atom is 0.337 e. The van der Waals surface area contributed by atoms with Crippen LogP contribution < -0.4 is 16.6 Å². The van der Waals surface area contributed by atoms with E-state index in [2.05, 4.69) is 10.3 Å². The number of hydrogen-bond acceptors (Lipinski definition) is 11. The second-order valence-corrected chi connectivity index (χ2v) is 11.8. The van der Waals surface area contributed by atoms with Crippen LogP contribution in [0.3, 0.4) is 0 Å². The summed E-state index contributed by atoms with van der Waals surface area (Å²) in [5.74, 6) is -5.97. The molecule has 0 aliphatic carbocycles. The summed E-state index contributed by atoms with van der Waals surface area (Å²) in [5, 5.41) is 25.0. The second-order valence-electron chi connectivity index (χ2n) is 11.8. The number of aliphatic carboxylic acids is 1. The molecule has 48 heavy (non-hydrogen) atoms. The van der Waals surface area contributed by atoms with E-state index in [1.807, 2.05) is 0 Å². The number of esters is 1. The first-order chi connectivity index (χ1) is 22.8. The number of imidazole rings is 1. The number of non-ortho nitro benzene ring substituents is 1. The molecule has 4 unspecified atom stereocenters. The fourth-order valence-electron chi connectivity index (χ4n) is 6.78. The lowest BCUT2D eigenvalue weighted by atomic mass is 9.76. The summed E-state index contributed by atoms with van der Waals surface area (Å²) < 4.78 is 8.30. The number of ether oxygens (including phenoxy) is 1. The summed E-state index contributed by atoms with van der Waals surface area (Å²) in [4.78, 5) is 94.6. The minimum absolute atomic E-state index is 0.0742. The van der Waals surface area contributed by atoms with Crippen molar-refractivity contribution >= 4 is 40.6 Å². The van der Waals surface area contributed by atoms with Crippen LogP contribution in [0.15, 0.2) is 64.4 Å². The summed E-state index contributed by atoms with van der Waals surface area (Å²) in [5.41, 5.74) is -2.17. The normalized spacial score (nSPS) is 21.9. The number of carbonyl (C=O) groups excluding carboxylic acids is 3. The Hall–Kier alpha value is -5.97. The molecule has 17 heteroatoms. The van der Waals surface area contributed by atoms with Crippen LogP contribution in [0, 0.1) is 22.0 Å². The van der Waals surface area contributed by atoms with Crippen molar-refractivity contribution in [2.24, 2.45) is 25.9 Å². The van der Waals surface area contributed by atoms with Gasteiger partial charge in [0.1, 0.15) is 5.54 Å². The molecule has 6 rings (SSSR count). The van der Waals surface area contributed by atoms with Gasteiger partial charge in [0.05, 0.1) is 35.8 Å². The van der Waals surface area contributed by atoms with Crippen molar-refractivity contribution in [3.63, 3.8) is 0 Å². The number of rotatable bonds is 9. The number of imide groups is 1. The van der Waals surface area contributed by atoms with E-state index in [4.69, 9.17) is 4.74 Å². The summed E-state index contributed by atoms with van der Waals surface area (Å²) in [6.07, 6.45) is 1.03. The van der Waals surface area contributed by atoms with Crippen LogP contribution in [0.4, 0.5) is 5.69 Å². The van der Waals surface area contributed by atoms with Crippen LogP contribution in [0.1, 0.15) is 27.5 Å². The molecule has 4 atom stereocenters. The van der Waals surface area contributed by atoms with Gasteiger partial charge in [-0.15, -0.1) is 0 Å². The minimum Gasteiger partial charge on any atom is -0.480 e. The summed E-state index contributed by atoms with van der Waals surface area (Å²) in [7, 11) is 4.00. The number of aryl methyl sites for hydroxylation is 1. The van der Waals surface area contributed by atoms with Crippen LogP contribution in [0.2, 0.25) is 0 Å². The molecule has 2 aromatic heterocycles. The zero-order chi connectivity index (χ0) is 34.7. The minimum atomic E-state index is -2.01. The highest BCUT2D eigenvalue weighted by atomic mass is 16.6. The summed E-state index contributed by atoms with van der Waals surface area (Å²) in [6, 6.07) is 10.3. The van der Waals surface area contributed by atoms with Crippen LogP contribution in [0.25, 0.3) is 11.2 Å². The van der Waals surface area contributed by atoms with E-state index >= 15 is 0 Å². The Labute approximate surface area is 270 Å². The second kappa shape index (κ2) is 11.7. The standard InChI is InChI=1S/C31H29N7O10/c1-34-24-23(27(41)35(2)30(34)45)36(15-32-24)12-13-37-25(39)20-21(26(37)40)31(29(43)44,14-16-4-10-19(11-5-16)38(46)47)33-22(20)17-6-8-18(9-7-17)28(42)48-3/h4-11,15,20-22,33H,12-14H2,1-3H3,(H,43,44). The van der Waals surface area contributed by atoms with E-state index in [9.17, 15) is 44.0 Å². The van der Waals surface area contributed by atoms with Gasteiger partial charge in [0.15, 0.2) is 11.2 Å². The number of methoxy groups -OCH3 is 1. The van der Waals surface area contributed by atoms with E-state index in [0.717, 1.165) is 9.47 Å². The third kappa shape index (κ3) is 4.86. The number of carboxylic acids is 1. The van der Waals surface area contributed by atoms with Gasteiger partial charge in [-0.25, -0.2) is 14.6 Å². The van der Waals surface area contributed by atoms with Gasteiger partial charge in [-0.1, -0.05) is 24.3 Å². The highest BCUT2D eigenvalue weighted by Crippen LogP contribution is 2.50. The van der Waals surface area contributed by atoms with Gasteiger partial charge in [0.2, 0.25) is 11.8 Å². The molecule has 2 aromatic carbocycles. The first-order valence-corrected chi connectivity index (χ1v) is 14.7. The SMILES string of the molecule is COC(=O)c1ccc(C2NC(Cc3ccc([N+](=O)[O-])cc3)(C(=O)O)C3C(=O)N(CCn4cnc5c4c(=O)n(C)c(=O)n5C)C(=O)C23)cc1. The maximum atomic E-state index is 14.2. The van der Waals surface area contributed by atoms with E-state index in [1.165, 1.54) is 73.1 Å². The molecule has 0 spiro atoms. The number of benzene rings is 2. The molecule has 0 saturated carbocycles. The number of fused-ring (bicyclic) bond motifs is 2. The van der Waals surface area contributed by atoms with Gasteiger partial charge in [0.25, 0.3) is 11.2 Å². The molecular formula is C31H29N7O10. The molecule has 2 amide bonds. The monoisotopic (exact) mass is 659 g/mol. The van der Waals surface area contributed by atoms with Gasteiger partial charge in [-0.2, -0.15) is 0 Å². The zero-order valence-electron chi connectivity index (χ0n) is 25.9. The number of nitrogens with zero attached hydrogens (tertiary/aromatic N) is 6. The number of nitro benzene ring substituents is 1. The number of nitrogens with one attached hydrogen (secondary N) is 1. The highest BCUT2D eigenvalue weighted by Gasteiger charge is 2.68. The van der Waals surface area contributed by atoms with E-state index < -0.39 is 63.3 Å². The third-order valence-corrected chi connectivity index (χ3v) is 9.23. The first-order valence-electron chi connectivity index (χ1n) is 14.7. The van der Waals surface area contributed by atoms with Gasteiger partial charge >= 0.3 is 17.6 Å². The topological polar surface area (TPSA) is 218 Å². The van der Waals surface area contributed by atoms with Crippen LogP contribution in [-0.4, -0.2) is 76.6 Å². The van der Waals surface area contributed by atoms with E-state index in [1.54, 1.807) is 12.1 Å². The molecule has 0 radical (unpaired) electrons. The lowest BCUT2D eigenvalue weighted by molar-refractivity contribution is -0.384. The van der Waals surface area contributed by atoms with E-state index in [-0.39, 0.29) is 41.9 Å². The Bertz CT molecular complexity index is 2130. The fraction of sp³-hybridized carbons (Fsp3) is 0.323. The number of carbonyl (C=O) groups is 4. The molecule has 0 bridgehead atoms. The van der Waals surface area contributed by atoms with E-state index in [0.29, 0.717) is 11.1 Å². The van der Waals surface area contributed by atoms with Crippen molar-refractivity contribution in [2.45, 2.75) is 24.5 Å². The Morgan fingerprint density at radius 1 is 1.00 bits per heavy atom. The summed E-state index contributed by atoms with van der Waals surface area (Å²) >= 11 is 0. The average molecular weight is 660 g/mol. The fourth-order valence-corrected chi connectivity index (χ4v) is 6.78. The van der Waals surface area contributed by atoms with Crippen molar-refractivity contribution < 1.29 is 33.9 Å². The van der Waals surface area contributed by atoms with Crippen molar-refractivity contribution in [3.05, 3.63) is 103 Å². The molecule has 2 fully saturated rings. The average Bonchev–Trinajstić information content (AvgIpc) is 3.73. The molecule has 4 aromatic rings. The molecular weight excluding hydrogens is 630 g/mol. The molecule has 4 heterocycles. The lowest BCUT2D eigenvalue weighted by Crippen LogP contribution is -2.57. The maximum absolute atomic E-state index is 14.2. The Morgan fingerprint density at radius 2 is 1.67 bits per heavy atom. The zero-order valence-corrected chi connectivity index (χ0v) is 25.9. The molecule has 2 aliphatic rings. The number of aromatic nitrogens is 4. The van der Waals surface area contributed by atoms with Crippen molar-refractivity contribution in [2.75, 3.05) is 13.7 Å². The summed E-state index contributed by atoms with van der Waals surface area (Å²) in [6.45, 7) is -0.307.